The maximum atomic E-state index is 12.7. The Hall–Kier alpha value is -1.26. The molecule has 0 spiro atoms. The molecule has 5 nitrogen and oxygen atoms in total. The van der Waals surface area contributed by atoms with Crippen LogP contribution in [0.3, 0.4) is 0 Å². The van der Waals surface area contributed by atoms with Crippen molar-refractivity contribution >= 4 is 80.3 Å². The van der Waals surface area contributed by atoms with Crippen molar-refractivity contribution in [1.82, 2.24) is 0 Å². The maximum Gasteiger partial charge on any atom is 0.256 e. The van der Waals surface area contributed by atoms with E-state index in [0.717, 1.165) is 4.47 Å². The molecule has 0 saturated carbocycles. The van der Waals surface area contributed by atoms with Gasteiger partial charge in [0.05, 0.1) is 10.5 Å². The Kier molecular flexibility index (Phi) is 5.55. The molecule has 1 amide bonds. The Labute approximate surface area is 174 Å². The van der Waals surface area contributed by atoms with Crippen molar-refractivity contribution in [2.75, 3.05) is 5.32 Å². The first-order chi connectivity index (χ1) is 12.2. The highest BCUT2D eigenvalue weighted by Gasteiger charge is 2.16. The summed E-state index contributed by atoms with van der Waals surface area (Å²) in [6.45, 7) is 0. The van der Waals surface area contributed by atoms with Crippen molar-refractivity contribution in [3.8, 4) is 0 Å². The first-order valence-electron chi connectivity index (χ1n) is 7.12. The molecule has 0 atom stereocenters. The Morgan fingerprint density at radius 3 is 2.27 bits per heavy atom. The molecular weight excluding hydrogens is 554 g/mol. The van der Waals surface area contributed by atoms with Gasteiger partial charge in [-0.2, -0.15) is 0 Å². The lowest BCUT2D eigenvalue weighted by atomic mass is 10.1. The van der Waals surface area contributed by atoms with Gasteiger partial charge < -0.3 is 9.87 Å². The largest absolute Gasteiger partial charge is 0.744 e. The van der Waals surface area contributed by atoms with Gasteiger partial charge in [0, 0.05) is 29.9 Å². The Bertz CT molecular complexity index is 1150. The minimum absolute atomic E-state index is 0.259. The van der Waals surface area contributed by atoms with E-state index in [1.54, 1.807) is 30.3 Å². The molecule has 0 aromatic heterocycles. The smallest absolute Gasteiger partial charge is 0.256 e. The van der Waals surface area contributed by atoms with Crippen molar-refractivity contribution in [2.24, 2.45) is 0 Å². The number of carbonyl (C=O) groups is 1. The molecule has 134 valence electrons. The summed E-state index contributed by atoms with van der Waals surface area (Å²) in [6.07, 6.45) is 0. The molecule has 3 aromatic carbocycles. The van der Waals surface area contributed by atoms with Crippen LogP contribution in [-0.2, 0) is 10.1 Å². The average Bonchev–Trinajstić information content (AvgIpc) is 2.57. The molecule has 0 bridgehead atoms. The molecule has 0 saturated heterocycles. The molecule has 26 heavy (non-hydrogen) atoms. The summed E-state index contributed by atoms with van der Waals surface area (Å²) >= 11 is 10.1. The second kappa shape index (κ2) is 7.40. The maximum absolute atomic E-state index is 12.7. The molecule has 0 aliphatic rings. The van der Waals surface area contributed by atoms with Gasteiger partial charge in [-0.25, -0.2) is 8.42 Å². The Balaban J connectivity index is 2.10. The molecule has 0 fully saturated rings. The number of fused-ring (bicyclic) bond motifs is 1. The molecule has 0 aliphatic carbocycles. The van der Waals surface area contributed by atoms with Crippen LogP contribution in [-0.4, -0.2) is 18.9 Å². The number of anilines is 1. The number of benzene rings is 3. The van der Waals surface area contributed by atoms with Crippen LogP contribution in [0.5, 0.6) is 0 Å². The van der Waals surface area contributed by atoms with Crippen LogP contribution >= 0.6 is 47.8 Å². The summed E-state index contributed by atoms with van der Waals surface area (Å²) in [5, 5.41) is 3.49. The fraction of sp³-hybridized carbons (Fsp3) is 0. The van der Waals surface area contributed by atoms with E-state index >= 15 is 0 Å². The fourth-order valence-corrected chi connectivity index (χ4v) is 4.83. The lowest BCUT2D eigenvalue weighted by Crippen LogP contribution is -2.13. The summed E-state index contributed by atoms with van der Waals surface area (Å²) < 4.78 is 36.4. The van der Waals surface area contributed by atoms with Crippen LogP contribution in [0, 0.1) is 0 Å². The van der Waals surface area contributed by atoms with Crippen LogP contribution in [0.15, 0.2) is 66.8 Å². The molecule has 1 N–H and O–H groups in total. The third-order valence-electron chi connectivity index (χ3n) is 3.64. The zero-order valence-corrected chi connectivity index (χ0v) is 18.4. The zero-order valence-electron chi connectivity index (χ0n) is 12.8. The topological polar surface area (TPSA) is 86.3 Å². The van der Waals surface area contributed by atoms with Crippen molar-refractivity contribution in [1.29, 1.82) is 0 Å². The van der Waals surface area contributed by atoms with Gasteiger partial charge in [0.2, 0.25) is 0 Å². The van der Waals surface area contributed by atoms with E-state index in [1.807, 2.05) is 0 Å². The normalized spacial score (nSPS) is 11.5. The molecule has 9 heteroatoms. The van der Waals surface area contributed by atoms with Gasteiger partial charge >= 0.3 is 0 Å². The lowest BCUT2D eigenvalue weighted by molar-refractivity contribution is 0.102. The summed E-state index contributed by atoms with van der Waals surface area (Å²) in [7, 11) is -4.63. The molecule has 0 aliphatic heterocycles. The van der Waals surface area contributed by atoms with Gasteiger partial charge in [-0.05, 0) is 56.1 Å². The number of nitrogens with one attached hydrogen (secondary N) is 1. The summed E-state index contributed by atoms with van der Waals surface area (Å²) in [6, 6.07) is 12.6. The van der Waals surface area contributed by atoms with Crippen molar-refractivity contribution in [3.63, 3.8) is 0 Å². The number of hydrogen-bond donors (Lipinski definition) is 1. The van der Waals surface area contributed by atoms with Crippen molar-refractivity contribution in [3.05, 3.63) is 67.5 Å². The summed E-state index contributed by atoms with van der Waals surface area (Å²) in [5.74, 6) is -0.387. The lowest BCUT2D eigenvalue weighted by Gasteiger charge is -2.15. The van der Waals surface area contributed by atoms with E-state index in [9.17, 15) is 17.8 Å². The van der Waals surface area contributed by atoms with Gasteiger partial charge in [0.1, 0.15) is 10.1 Å². The average molecular weight is 563 g/mol. The standard InChI is InChI=1S/C17H10Br3NO4S/c18-9-7-12(16(20)13(19)8-9)17(22)21-14-5-6-15(26(23,24)25)11-4-2-1-3-10(11)14/h1-8H,(H,21,22)(H,23,24,25)/p-1. The first-order valence-corrected chi connectivity index (χ1v) is 10.9. The van der Waals surface area contributed by atoms with Crippen molar-refractivity contribution in [2.45, 2.75) is 4.90 Å². The van der Waals surface area contributed by atoms with Crippen LogP contribution in [0.1, 0.15) is 10.4 Å². The van der Waals surface area contributed by atoms with Crippen LogP contribution in [0.4, 0.5) is 5.69 Å². The molecule has 3 rings (SSSR count). The molecule has 0 unspecified atom stereocenters. The first kappa shape index (κ1) is 19.5. The monoisotopic (exact) mass is 560 g/mol. The predicted molar refractivity (Wildman–Crippen MR) is 109 cm³/mol. The van der Waals surface area contributed by atoms with E-state index in [0.29, 0.717) is 25.6 Å². The van der Waals surface area contributed by atoms with Gasteiger partial charge in [-0.1, -0.05) is 40.2 Å². The SMILES string of the molecule is O=C(Nc1ccc(S(=O)(=O)[O-])c2ccccc12)c1cc(Br)cc(Br)c1Br. The molecule has 0 radical (unpaired) electrons. The zero-order chi connectivity index (χ0) is 19.1. The fourth-order valence-electron chi connectivity index (χ4n) is 2.51. The highest BCUT2D eigenvalue weighted by Crippen LogP contribution is 2.33. The van der Waals surface area contributed by atoms with Gasteiger partial charge in [-0.15, -0.1) is 0 Å². The van der Waals surface area contributed by atoms with Crippen LogP contribution in [0.2, 0.25) is 0 Å². The second-order valence-electron chi connectivity index (χ2n) is 5.31. The number of halogens is 3. The minimum Gasteiger partial charge on any atom is -0.744 e. The number of hydrogen-bond acceptors (Lipinski definition) is 4. The van der Waals surface area contributed by atoms with E-state index in [4.69, 9.17) is 0 Å². The third kappa shape index (κ3) is 3.86. The second-order valence-corrected chi connectivity index (χ2v) is 9.23. The van der Waals surface area contributed by atoms with Crippen LogP contribution < -0.4 is 5.32 Å². The minimum atomic E-state index is -4.63. The van der Waals surface area contributed by atoms with E-state index in [2.05, 4.69) is 53.1 Å². The summed E-state index contributed by atoms with van der Waals surface area (Å²) in [4.78, 5) is 12.4. The van der Waals surface area contributed by atoms with Gasteiger partial charge in [0.25, 0.3) is 5.91 Å². The molecule has 0 heterocycles. The summed E-state index contributed by atoms with van der Waals surface area (Å²) in [5.41, 5.74) is 0.789. The van der Waals surface area contributed by atoms with Gasteiger partial charge in [0.15, 0.2) is 0 Å². The number of rotatable bonds is 3. The van der Waals surface area contributed by atoms with E-state index in [-0.39, 0.29) is 16.2 Å². The highest BCUT2D eigenvalue weighted by atomic mass is 79.9. The quantitative estimate of drug-likeness (QED) is 0.347. The number of amides is 1. The molecular formula is C17H9Br3NO4S-. The third-order valence-corrected chi connectivity index (χ3v) is 7.00. The highest BCUT2D eigenvalue weighted by molar-refractivity contribution is 9.13. The van der Waals surface area contributed by atoms with Crippen molar-refractivity contribution < 1.29 is 17.8 Å². The van der Waals surface area contributed by atoms with E-state index in [1.165, 1.54) is 18.2 Å². The Morgan fingerprint density at radius 1 is 0.962 bits per heavy atom. The van der Waals surface area contributed by atoms with Crippen LogP contribution in [0.25, 0.3) is 10.8 Å². The predicted octanol–water partition coefficient (Wildman–Crippen LogP) is 5.28. The van der Waals surface area contributed by atoms with Gasteiger partial charge in [-0.3, -0.25) is 4.79 Å². The molecule has 3 aromatic rings. The number of carbonyl (C=O) groups excluding carboxylic acids is 1. The van der Waals surface area contributed by atoms with E-state index < -0.39 is 10.1 Å². The Morgan fingerprint density at radius 2 is 1.62 bits per heavy atom.